The molecule has 0 radical (unpaired) electrons. The largest absolute Gasteiger partial charge is 0.338 e. The fraction of sp³-hybridized carbons (Fsp3) is 0.737. The molecule has 0 aliphatic carbocycles. The third-order valence-corrected chi connectivity index (χ3v) is 6.65. The minimum Gasteiger partial charge on any atom is -0.338 e. The zero-order valence-corrected chi connectivity index (χ0v) is 15.9. The van der Waals surface area contributed by atoms with Gasteiger partial charge < -0.3 is 14.7 Å². The SMILES string of the molecule is CN1CC[C@H](N2CC3(CCC2=O)CCN(C(=O)c2ccnn2C)CC3)C1. The van der Waals surface area contributed by atoms with Crippen LogP contribution in [0.3, 0.4) is 0 Å². The zero-order chi connectivity index (χ0) is 18.3. The summed E-state index contributed by atoms with van der Waals surface area (Å²) in [5.74, 6) is 0.394. The van der Waals surface area contributed by atoms with E-state index in [1.165, 1.54) is 0 Å². The highest BCUT2D eigenvalue weighted by atomic mass is 16.2. The Bertz CT molecular complexity index is 692. The number of aromatic nitrogens is 2. The summed E-state index contributed by atoms with van der Waals surface area (Å²) in [5.41, 5.74) is 0.841. The molecule has 1 aromatic heterocycles. The lowest BCUT2D eigenvalue weighted by Gasteiger charge is -2.49. The van der Waals surface area contributed by atoms with Crippen molar-refractivity contribution in [1.82, 2.24) is 24.5 Å². The molecule has 142 valence electrons. The zero-order valence-electron chi connectivity index (χ0n) is 15.9. The number of carbonyl (C=O) groups excluding carboxylic acids is 2. The smallest absolute Gasteiger partial charge is 0.272 e. The summed E-state index contributed by atoms with van der Waals surface area (Å²) in [7, 11) is 3.94. The first-order valence-corrected chi connectivity index (χ1v) is 9.73. The molecule has 0 bridgehead atoms. The van der Waals surface area contributed by atoms with Crippen LogP contribution in [0, 0.1) is 5.41 Å². The maximum atomic E-state index is 12.7. The van der Waals surface area contributed by atoms with Crippen molar-refractivity contribution in [3.63, 3.8) is 0 Å². The Morgan fingerprint density at radius 1 is 1.19 bits per heavy atom. The van der Waals surface area contributed by atoms with Gasteiger partial charge in [-0.2, -0.15) is 5.10 Å². The molecule has 4 heterocycles. The van der Waals surface area contributed by atoms with Crippen molar-refractivity contribution in [1.29, 1.82) is 0 Å². The molecule has 7 nitrogen and oxygen atoms in total. The molecular formula is C19H29N5O2. The van der Waals surface area contributed by atoms with Crippen molar-refractivity contribution in [2.75, 3.05) is 39.8 Å². The van der Waals surface area contributed by atoms with Crippen LogP contribution in [-0.4, -0.2) is 82.1 Å². The van der Waals surface area contributed by atoms with Crippen LogP contribution in [0.2, 0.25) is 0 Å². The maximum Gasteiger partial charge on any atom is 0.272 e. The lowest BCUT2D eigenvalue weighted by atomic mass is 9.72. The number of carbonyl (C=O) groups is 2. The lowest BCUT2D eigenvalue weighted by Crippen LogP contribution is -2.55. The summed E-state index contributed by atoms with van der Waals surface area (Å²) in [4.78, 5) is 31.6. The van der Waals surface area contributed by atoms with Gasteiger partial charge in [-0.25, -0.2) is 0 Å². The molecule has 3 fully saturated rings. The maximum absolute atomic E-state index is 12.7. The van der Waals surface area contributed by atoms with Crippen LogP contribution < -0.4 is 0 Å². The number of nitrogens with zero attached hydrogens (tertiary/aromatic N) is 5. The average molecular weight is 359 g/mol. The third-order valence-electron chi connectivity index (χ3n) is 6.65. The van der Waals surface area contributed by atoms with Gasteiger partial charge in [0.25, 0.3) is 5.91 Å². The number of rotatable bonds is 2. The summed E-state index contributed by atoms with van der Waals surface area (Å²) >= 11 is 0. The fourth-order valence-electron chi connectivity index (χ4n) is 4.88. The molecule has 0 aromatic carbocycles. The van der Waals surface area contributed by atoms with E-state index in [1.54, 1.807) is 16.9 Å². The number of amides is 2. The van der Waals surface area contributed by atoms with Crippen molar-refractivity contribution in [3.05, 3.63) is 18.0 Å². The highest BCUT2D eigenvalue weighted by Gasteiger charge is 2.44. The Morgan fingerprint density at radius 3 is 2.58 bits per heavy atom. The van der Waals surface area contributed by atoms with E-state index in [9.17, 15) is 9.59 Å². The Kier molecular flexibility index (Phi) is 4.50. The minimum absolute atomic E-state index is 0.0704. The van der Waals surface area contributed by atoms with Gasteiger partial charge in [-0.1, -0.05) is 0 Å². The van der Waals surface area contributed by atoms with Crippen LogP contribution in [-0.2, 0) is 11.8 Å². The summed E-state index contributed by atoms with van der Waals surface area (Å²) < 4.78 is 1.64. The predicted molar refractivity (Wildman–Crippen MR) is 97.6 cm³/mol. The second-order valence-electron chi connectivity index (χ2n) is 8.36. The molecule has 0 unspecified atom stereocenters. The Hall–Kier alpha value is -1.89. The van der Waals surface area contributed by atoms with Crippen molar-refractivity contribution in [3.8, 4) is 0 Å². The molecule has 26 heavy (non-hydrogen) atoms. The first kappa shape index (κ1) is 17.5. The van der Waals surface area contributed by atoms with Crippen LogP contribution in [0.5, 0.6) is 0 Å². The molecule has 4 rings (SSSR count). The molecule has 0 N–H and O–H groups in total. The van der Waals surface area contributed by atoms with Crippen molar-refractivity contribution in [2.24, 2.45) is 12.5 Å². The molecule has 1 atom stereocenters. The molecule has 1 spiro atoms. The van der Waals surface area contributed by atoms with Gasteiger partial charge in [-0.05, 0) is 50.8 Å². The molecular weight excluding hydrogens is 330 g/mol. The van der Waals surface area contributed by atoms with Crippen LogP contribution in [0.15, 0.2) is 12.3 Å². The van der Waals surface area contributed by atoms with E-state index in [2.05, 4.69) is 21.9 Å². The van der Waals surface area contributed by atoms with Gasteiger partial charge in [0.05, 0.1) is 0 Å². The standard InChI is InChI=1S/C19H29N5O2/c1-21-10-5-15(13-21)24-14-19(6-3-17(24)25)7-11-23(12-8-19)18(26)16-4-9-20-22(16)2/h4,9,15H,3,5-8,10-14H2,1-2H3/t15-/m0/s1. The lowest BCUT2D eigenvalue weighted by molar-refractivity contribution is -0.141. The monoisotopic (exact) mass is 359 g/mol. The van der Waals surface area contributed by atoms with Crippen LogP contribution in [0.1, 0.15) is 42.6 Å². The topological polar surface area (TPSA) is 61.7 Å². The quantitative estimate of drug-likeness (QED) is 0.789. The van der Waals surface area contributed by atoms with Gasteiger partial charge in [0.1, 0.15) is 5.69 Å². The third kappa shape index (κ3) is 3.13. The highest BCUT2D eigenvalue weighted by molar-refractivity contribution is 5.92. The molecule has 3 aliphatic heterocycles. The molecule has 2 amide bonds. The van der Waals surface area contributed by atoms with E-state index in [0.717, 1.165) is 58.4 Å². The van der Waals surface area contributed by atoms with Crippen LogP contribution in [0.4, 0.5) is 0 Å². The summed E-state index contributed by atoms with van der Waals surface area (Å²) in [6.07, 6.45) is 6.37. The number of hydrogen-bond acceptors (Lipinski definition) is 4. The first-order chi connectivity index (χ1) is 12.5. The minimum atomic E-state index is 0.0704. The summed E-state index contributed by atoms with van der Waals surface area (Å²) in [6, 6.07) is 2.16. The van der Waals surface area contributed by atoms with E-state index < -0.39 is 0 Å². The number of hydrogen-bond donors (Lipinski definition) is 0. The van der Waals surface area contributed by atoms with E-state index >= 15 is 0 Å². The van der Waals surface area contributed by atoms with E-state index in [4.69, 9.17) is 0 Å². The number of aryl methyl sites for hydroxylation is 1. The van der Waals surface area contributed by atoms with Crippen molar-refractivity contribution >= 4 is 11.8 Å². The summed E-state index contributed by atoms with van der Waals surface area (Å²) in [5, 5.41) is 4.11. The predicted octanol–water partition coefficient (Wildman–Crippen LogP) is 0.969. The fourth-order valence-corrected chi connectivity index (χ4v) is 4.88. The van der Waals surface area contributed by atoms with Gasteiger partial charge in [0.2, 0.25) is 5.91 Å². The first-order valence-electron chi connectivity index (χ1n) is 9.73. The Labute approximate surface area is 154 Å². The Morgan fingerprint density at radius 2 is 1.96 bits per heavy atom. The van der Waals surface area contributed by atoms with Gasteiger partial charge in [0, 0.05) is 51.9 Å². The summed E-state index contributed by atoms with van der Waals surface area (Å²) in [6.45, 7) is 4.49. The molecule has 3 saturated heterocycles. The van der Waals surface area contributed by atoms with Crippen molar-refractivity contribution in [2.45, 2.75) is 38.1 Å². The van der Waals surface area contributed by atoms with E-state index in [-0.39, 0.29) is 11.3 Å². The molecule has 1 aromatic rings. The van der Waals surface area contributed by atoms with Gasteiger partial charge in [-0.15, -0.1) is 0 Å². The number of likely N-dealkylation sites (tertiary alicyclic amines) is 3. The van der Waals surface area contributed by atoms with Crippen molar-refractivity contribution < 1.29 is 9.59 Å². The number of likely N-dealkylation sites (N-methyl/N-ethyl adjacent to an activating group) is 1. The van der Waals surface area contributed by atoms with Gasteiger partial charge >= 0.3 is 0 Å². The van der Waals surface area contributed by atoms with E-state index in [0.29, 0.717) is 24.1 Å². The highest BCUT2D eigenvalue weighted by Crippen LogP contribution is 2.41. The van der Waals surface area contributed by atoms with Crippen LogP contribution in [0.25, 0.3) is 0 Å². The molecule has 7 heteroatoms. The molecule has 3 aliphatic rings. The normalized spacial score (nSPS) is 26.7. The number of piperidine rings is 2. The average Bonchev–Trinajstić information content (AvgIpc) is 3.26. The van der Waals surface area contributed by atoms with E-state index in [1.807, 2.05) is 11.9 Å². The second kappa shape index (κ2) is 6.68. The van der Waals surface area contributed by atoms with Gasteiger partial charge in [0.15, 0.2) is 0 Å². The van der Waals surface area contributed by atoms with Gasteiger partial charge in [-0.3, -0.25) is 14.3 Å². The molecule has 0 saturated carbocycles. The second-order valence-corrected chi connectivity index (χ2v) is 8.36. The van der Waals surface area contributed by atoms with Crippen LogP contribution >= 0.6 is 0 Å². The Balaban J connectivity index is 1.40.